The zero-order valence-electron chi connectivity index (χ0n) is 20.0. The van der Waals surface area contributed by atoms with Gasteiger partial charge in [-0.1, -0.05) is 64.8 Å². The Morgan fingerprint density at radius 1 is 1.03 bits per heavy atom. The third-order valence-corrected chi connectivity index (χ3v) is 10.2. The normalized spacial score (nSPS) is 46.0. The third-order valence-electron chi connectivity index (χ3n) is 10.2. The molecule has 0 unspecified atom stereocenters. The standard InChI is InChI=1S/C28H46O/c1-18(2)8-7-9-19(3)22-12-13-24-21-10-11-23-20(4)26(29)15-17-28(23,6)25(21)14-16-27(22,24)5/h7,9,18-20,22-24,26,29H,8,10-17H2,1-6H3/b9-7+/t19-,20-,22+,23-,24+,26-,27+,28-/m0/s1. The van der Waals surface area contributed by atoms with E-state index in [1.807, 2.05) is 11.1 Å². The van der Waals surface area contributed by atoms with Crippen molar-refractivity contribution < 1.29 is 5.11 Å². The van der Waals surface area contributed by atoms with Gasteiger partial charge >= 0.3 is 0 Å². The molecule has 1 nitrogen and oxygen atoms in total. The van der Waals surface area contributed by atoms with Crippen LogP contribution in [-0.4, -0.2) is 11.2 Å². The van der Waals surface area contributed by atoms with Crippen molar-refractivity contribution in [3.63, 3.8) is 0 Å². The van der Waals surface area contributed by atoms with Crippen molar-refractivity contribution in [2.75, 3.05) is 0 Å². The second kappa shape index (κ2) is 7.85. The second-order valence-corrected chi connectivity index (χ2v) is 12.2. The fourth-order valence-electron chi connectivity index (χ4n) is 8.51. The summed E-state index contributed by atoms with van der Waals surface area (Å²) in [6, 6.07) is 0. The molecule has 0 aliphatic heterocycles. The van der Waals surface area contributed by atoms with Gasteiger partial charge in [0.2, 0.25) is 0 Å². The highest BCUT2D eigenvalue weighted by Gasteiger charge is 2.56. The van der Waals surface area contributed by atoms with Gasteiger partial charge in [-0.2, -0.15) is 0 Å². The summed E-state index contributed by atoms with van der Waals surface area (Å²) in [7, 11) is 0. The highest BCUT2D eigenvalue weighted by Crippen LogP contribution is 2.66. The van der Waals surface area contributed by atoms with Gasteiger partial charge in [0.05, 0.1) is 6.10 Å². The van der Waals surface area contributed by atoms with Crippen molar-refractivity contribution >= 4 is 0 Å². The van der Waals surface area contributed by atoms with Crippen LogP contribution in [-0.2, 0) is 0 Å². The van der Waals surface area contributed by atoms with Crippen LogP contribution in [0.1, 0.15) is 99.3 Å². The van der Waals surface area contributed by atoms with Crippen molar-refractivity contribution in [2.45, 2.75) is 105 Å². The zero-order chi connectivity index (χ0) is 21.0. The summed E-state index contributed by atoms with van der Waals surface area (Å²) < 4.78 is 0. The number of hydrogen-bond acceptors (Lipinski definition) is 1. The SMILES string of the molecule is CC(C)C/C=C/[C@H](C)[C@H]1CC[C@@H]2C3=C(CC[C@@]21C)[C@@]1(C)CC[C@H](O)[C@@H](C)[C@@H]1CC3. The number of aliphatic hydroxyl groups excluding tert-OH is 1. The largest absolute Gasteiger partial charge is 0.393 e. The van der Waals surface area contributed by atoms with Crippen LogP contribution in [0.4, 0.5) is 0 Å². The van der Waals surface area contributed by atoms with Crippen molar-refractivity contribution in [1.82, 2.24) is 0 Å². The van der Waals surface area contributed by atoms with E-state index >= 15 is 0 Å². The van der Waals surface area contributed by atoms with Gasteiger partial charge in [0.25, 0.3) is 0 Å². The predicted molar refractivity (Wildman–Crippen MR) is 124 cm³/mol. The van der Waals surface area contributed by atoms with Crippen LogP contribution in [0.5, 0.6) is 0 Å². The first-order chi connectivity index (χ1) is 13.7. The Bertz CT molecular complexity index is 672. The topological polar surface area (TPSA) is 20.2 Å². The summed E-state index contributed by atoms with van der Waals surface area (Å²) in [6.07, 6.45) is 16.6. The summed E-state index contributed by atoms with van der Waals surface area (Å²) in [5, 5.41) is 10.5. The molecule has 0 aromatic heterocycles. The number of allylic oxidation sites excluding steroid dienone is 4. The van der Waals surface area contributed by atoms with Crippen LogP contribution >= 0.6 is 0 Å². The maximum atomic E-state index is 10.5. The molecule has 4 aliphatic rings. The third kappa shape index (κ3) is 3.48. The van der Waals surface area contributed by atoms with Gasteiger partial charge in [-0.15, -0.1) is 0 Å². The molecule has 1 heteroatoms. The molecule has 4 aliphatic carbocycles. The Balaban J connectivity index is 1.58. The molecule has 2 fully saturated rings. The lowest BCUT2D eigenvalue weighted by Crippen LogP contribution is -2.49. The van der Waals surface area contributed by atoms with Crippen LogP contribution in [0, 0.1) is 46.3 Å². The minimum Gasteiger partial charge on any atom is -0.393 e. The van der Waals surface area contributed by atoms with Gasteiger partial charge in [-0.3, -0.25) is 0 Å². The summed E-state index contributed by atoms with van der Waals surface area (Å²) >= 11 is 0. The monoisotopic (exact) mass is 398 g/mol. The summed E-state index contributed by atoms with van der Waals surface area (Å²) in [5.74, 6) is 4.32. The predicted octanol–water partition coefficient (Wildman–Crippen LogP) is 7.55. The fourth-order valence-corrected chi connectivity index (χ4v) is 8.51. The van der Waals surface area contributed by atoms with Crippen molar-refractivity contribution in [3.8, 4) is 0 Å². The van der Waals surface area contributed by atoms with Crippen molar-refractivity contribution in [3.05, 3.63) is 23.3 Å². The lowest BCUT2D eigenvalue weighted by atomic mass is 9.49. The molecule has 1 N–H and O–H groups in total. The first kappa shape index (κ1) is 21.7. The Hall–Kier alpha value is -0.560. The molecule has 0 radical (unpaired) electrons. The van der Waals surface area contributed by atoms with Crippen molar-refractivity contribution in [2.24, 2.45) is 46.3 Å². The first-order valence-electron chi connectivity index (χ1n) is 12.8. The molecule has 0 aromatic carbocycles. The number of aliphatic hydroxyl groups is 1. The number of rotatable bonds is 4. The average Bonchev–Trinajstić information content (AvgIpc) is 3.02. The molecule has 29 heavy (non-hydrogen) atoms. The number of hydrogen-bond donors (Lipinski definition) is 1. The van der Waals surface area contributed by atoms with E-state index in [0.29, 0.717) is 28.6 Å². The highest BCUT2D eigenvalue weighted by molar-refractivity contribution is 5.35. The fraction of sp³-hybridized carbons (Fsp3) is 0.857. The molecular formula is C28H46O. The Morgan fingerprint density at radius 2 is 1.79 bits per heavy atom. The van der Waals surface area contributed by atoms with Gasteiger partial charge in [-0.05, 0) is 104 Å². The van der Waals surface area contributed by atoms with E-state index in [0.717, 1.165) is 24.2 Å². The maximum absolute atomic E-state index is 10.5. The molecule has 0 aromatic rings. The molecule has 0 saturated heterocycles. The smallest absolute Gasteiger partial charge is 0.0569 e. The van der Waals surface area contributed by atoms with Crippen LogP contribution in [0.2, 0.25) is 0 Å². The molecule has 0 spiro atoms. The molecule has 0 amide bonds. The quantitative estimate of drug-likeness (QED) is 0.484. The summed E-state index contributed by atoms with van der Waals surface area (Å²) in [4.78, 5) is 0. The van der Waals surface area contributed by atoms with Crippen LogP contribution in [0.3, 0.4) is 0 Å². The molecular weight excluding hydrogens is 352 g/mol. The molecule has 8 atom stereocenters. The van der Waals surface area contributed by atoms with E-state index in [-0.39, 0.29) is 6.10 Å². The summed E-state index contributed by atoms with van der Waals surface area (Å²) in [6.45, 7) is 14.7. The van der Waals surface area contributed by atoms with Crippen LogP contribution in [0.25, 0.3) is 0 Å². The first-order valence-corrected chi connectivity index (χ1v) is 12.8. The van der Waals surface area contributed by atoms with E-state index < -0.39 is 0 Å². The maximum Gasteiger partial charge on any atom is 0.0569 e. The lowest BCUT2D eigenvalue weighted by Gasteiger charge is -2.56. The highest BCUT2D eigenvalue weighted by atomic mass is 16.3. The van der Waals surface area contributed by atoms with E-state index in [1.165, 1.54) is 51.4 Å². The van der Waals surface area contributed by atoms with Gasteiger partial charge in [0, 0.05) is 0 Å². The van der Waals surface area contributed by atoms with Crippen LogP contribution in [0.15, 0.2) is 23.3 Å². The minimum absolute atomic E-state index is 0.0709. The zero-order valence-corrected chi connectivity index (χ0v) is 20.0. The second-order valence-electron chi connectivity index (χ2n) is 12.2. The molecule has 2 saturated carbocycles. The average molecular weight is 399 g/mol. The molecule has 4 rings (SSSR count). The van der Waals surface area contributed by atoms with Gasteiger partial charge in [0.1, 0.15) is 0 Å². The minimum atomic E-state index is -0.0709. The van der Waals surface area contributed by atoms with E-state index in [9.17, 15) is 5.11 Å². The Kier molecular flexibility index (Phi) is 5.86. The Morgan fingerprint density at radius 3 is 2.52 bits per heavy atom. The van der Waals surface area contributed by atoms with Gasteiger partial charge in [-0.25, -0.2) is 0 Å². The molecule has 0 bridgehead atoms. The van der Waals surface area contributed by atoms with Crippen LogP contribution < -0.4 is 0 Å². The van der Waals surface area contributed by atoms with Gasteiger partial charge < -0.3 is 5.11 Å². The van der Waals surface area contributed by atoms with Crippen molar-refractivity contribution in [1.29, 1.82) is 0 Å². The summed E-state index contributed by atoms with van der Waals surface area (Å²) in [5.41, 5.74) is 4.62. The van der Waals surface area contributed by atoms with E-state index in [1.54, 1.807) is 0 Å². The lowest BCUT2D eigenvalue weighted by molar-refractivity contribution is -0.0332. The number of fused-ring (bicyclic) bond motifs is 4. The van der Waals surface area contributed by atoms with Gasteiger partial charge in [0.15, 0.2) is 0 Å². The Labute approximate surface area is 180 Å². The van der Waals surface area contributed by atoms with E-state index in [2.05, 4.69) is 53.7 Å². The molecule has 0 heterocycles. The van der Waals surface area contributed by atoms with E-state index in [4.69, 9.17) is 0 Å². The molecule has 164 valence electrons.